The number of fused-ring (bicyclic) bond motifs is 1. The minimum Gasteiger partial charge on any atom is -0.288 e. The Morgan fingerprint density at radius 1 is 1.10 bits per heavy atom. The summed E-state index contributed by atoms with van der Waals surface area (Å²) in [6, 6.07) is 12.1. The third-order valence-electron chi connectivity index (χ3n) is 4.79. The molecule has 31 heavy (non-hydrogen) atoms. The second-order valence-corrected chi connectivity index (χ2v) is 8.89. The van der Waals surface area contributed by atoms with Gasteiger partial charge < -0.3 is 0 Å². The van der Waals surface area contributed by atoms with Gasteiger partial charge in [0.1, 0.15) is 0 Å². The molecule has 158 valence electrons. The maximum absolute atomic E-state index is 12.9. The van der Waals surface area contributed by atoms with Crippen molar-refractivity contribution >= 4 is 27.1 Å². The van der Waals surface area contributed by atoms with Gasteiger partial charge in [-0.3, -0.25) is 14.5 Å². The van der Waals surface area contributed by atoms with Crippen molar-refractivity contribution < 1.29 is 13.2 Å². The van der Waals surface area contributed by atoms with Crippen LogP contribution in [0.25, 0.3) is 16.9 Å². The number of nitrogens with zero attached hydrogens (tertiary/aromatic N) is 4. The first kappa shape index (κ1) is 20.7. The third-order valence-corrected chi connectivity index (χ3v) is 6.16. The number of nitrogens with one attached hydrogen (secondary N) is 1. The van der Waals surface area contributed by atoms with Gasteiger partial charge in [0, 0.05) is 35.4 Å². The highest BCUT2D eigenvalue weighted by atomic mass is 32.2. The Bertz CT molecular complexity index is 1330. The molecule has 9 heteroatoms. The van der Waals surface area contributed by atoms with Crippen LogP contribution >= 0.6 is 0 Å². The van der Waals surface area contributed by atoms with Crippen LogP contribution in [0.5, 0.6) is 0 Å². The van der Waals surface area contributed by atoms with Crippen molar-refractivity contribution in [3.63, 3.8) is 0 Å². The van der Waals surface area contributed by atoms with Gasteiger partial charge in [-0.2, -0.15) is 5.10 Å². The molecule has 8 nitrogen and oxygen atoms in total. The zero-order valence-corrected chi connectivity index (χ0v) is 17.7. The topological polar surface area (TPSA) is 106 Å². The third kappa shape index (κ3) is 4.46. The number of sulfonamides is 1. The molecular weight excluding hydrogens is 414 g/mol. The lowest BCUT2D eigenvalue weighted by Gasteiger charge is -2.10. The van der Waals surface area contributed by atoms with Gasteiger partial charge in [-0.25, -0.2) is 17.9 Å². The van der Waals surface area contributed by atoms with Crippen molar-refractivity contribution in [1.29, 1.82) is 0 Å². The number of carbonyl (C=O) groups is 1. The fourth-order valence-corrected chi connectivity index (χ4v) is 4.49. The predicted molar refractivity (Wildman–Crippen MR) is 118 cm³/mol. The number of aromatic nitrogens is 4. The number of hydrogen-bond donors (Lipinski definition) is 1. The zero-order valence-electron chi connectivity index (χ0n) is 16.9. The van der Waals surface area contributed by atoms with Crippen LogP contribution in [0.4, 0.5) is 5.69 Å². The van der Waals surface area contributed by atoms with E-state index in [-0.39, 0.29) is 11.5 Å². The molecule has 4 rings (SSSR count). The lowest BCUT2D eigenvalue weighted by atomic mass is 10.1. The van der Waals surface area contributed by atoms with E-state index in [0.29, 0.717) is 34.6 Å². The Morgan fingerprint density at radius 2 is 1.90 bits per heavy atom. The van der Waals surface area contributed by atoms with E-state index in [0.717, 1.165) is 12.0 Å². The van der Waals surface area contributed by atoms with Gasteiger partial charge in [-0.05, 0) is 36.8 Å². The molecule has 0 fully saturated rings. The largest absolute Gasteiger partial charge is 0.288 e. The highest BCUT2D eigenvalue weighted by Crippen LogP contribution is 2.25. The number of pyridine rings is 1. The van der Waals surface area contributed by atoms with Gasteiger partial charge in [-0.15, -0.1) is 0 Å². The van der Waals surface area contributed by atoms with Gasteiger partial charge in [0.15, 0.2) is 11.4 Å². The molecule has 3 aromatic heterocycles. The number of anilines is 1. The minimum atomic E-state index is -3.41. The molecule has 0 amide bonds. The van der Waals surface area contributed by atoms with Crippen molar-refractivity contribution in [3.8, 4) is 11.3 Å². The first-order valence-electron chi connectivity index (χ1n) is 9.87. The Balaban J connectivity index is 1.70. The Kier molecular flexibility index (Phi) is 5.77. The molecule has 3 heterocycles. The molecule has 1 N–H and O–H groups in total. The second kappa shape index (κ2) is 8.65. The van der Waals surface area contributed by atoms with Crippen LogP contribution in [0.3, 0.4) is 0 Å². The number of hydrogen-bond acceptors (Lipinski definition) is 6. The average molecular weight is 436 g/mol. The van der Waals surface area contributed by atoms with Gasteiger partial charge in [0.05, 0.1) is 23.2 Å². The van der Waals surface area contributed by atoms with Crippen molar-refractivity contribution in [2.75, 3.05) is 10.5 Å². The summed E-state index contributed by atoms with van der Waals surface area (Å²) in [6.45, 7) is 1.95. The van der Waals surface area contributed by atoms with Gasteiger partial charge in [0.25, 0.3) is 0 Å². The molecule has 0 unspecified atom stereocenters. The Morgan fingerprint density at radius 3 is 2.68 bits per heavy atom. The van der Waals surface area contributed by atoms with E-state index < -0.39 is 10.0 Å². The minimum absolute atomic E-state index is 0.0763. The second-order valence-electron chi connectivity index (χ2n) is 7.04. The summed E-state index contributed by atoms with van der Waals surface area (Å²) in [4.78, 5) is 21.1. The summed E-state index contributed by atoms with van der Waals surface area (Å²) < 4.78 is 28.7. The molecule has 0 saturated heterocycles. The molecule has 0 aliphatic rings. The van der Waals surface area contributed by atoms with Crippen LogP contribution in [0, 0.1) is 0 Å². The van der Waals surface area contributed by atoms with E-state index in [2.05, 4.69) is 19.8 Å². The summed E-state index contributed by atoms with van der Waals surface area (Å²) in [6.07, 6.45) is 7.62. The van der Waals surface area contributed by atoms with Gasteiger partial charge >= 0.3 is 0 Å². The molecule has 0 bridgehead atoms. The fraction of sp³-hybridized carbons (Fsp3) is 0.182. The highest BCUT2D eigenvalue weighted by molar-refractivity contribution is 7.92. The molecule has 4 aromatic rings. The molecule has 1 aromatic carbocycles. The molecular formula is C22H21N5O3S. The summed E-state index contributed by atoms with van der Waals surface area (Å²) in [5.41, 5.74) is 3.21. The summed E-state index contributed by atoms with van der Waals surface area (Å²) in [5, 5.41) is 4.37. The molecule has 0 saturated carbocycles. The number of unbranched alkanes of at least 4 members (excludes halogenated alkanes) is 1. The SMILES string of the molecule is CCCCS(=O)(=O)Nc1cccc(-c2ccnc3c(C(=O)c4ccncc4)cnn23)c1. The first-order valence-corrected chi connectivity index (χ1v) is 11.5. The van der Waals surface area contributed by atoms with Crippen LogP contribution in [-0.2, 0) is 10.0 Å². The predicted octanol–water partition coefficient (Wildman–Crippen LogP) is 3.56. The van der Waals surface area contributed by atoms with E-state index in [9.17, 15) is 13.2 Å². The van der Waals surface area contributed by atoms with Crippen molar-refractivity contribution in [1.82, 2.24) is 19.6 Å². The van der Waals surface area contributed by atoms with E-state index in [1.807, 2.05) is 13.0 Å². The summed E-state index contributed by atoms with van der Waals surface area (Å²) in [7, 11) is -3.41. The maximum atomic E-state index is 12.9. The average Bonchev–Trinajstić information content (AvgIpc) is 3.22. The van der Waals surface area contributed by atoms with E-state index in [1.165, 1.54) is 6.20 Å². The molecule has 0 spiro atoms. The van der Waals surface area contributed by atoms with Gasteiger partial charge in [-0.1, -0.05) is 25.5 Å². The number of benzene rings is 1. The van der Waals surface area contributed by atoms with Crippen LogP contribution < -0.4 is 4.72 Å². The Labute approximate surface area is 180 Å². The molecule has 0 atom stereocenters. The molecule has 0 aliphatic heterocycles. The number of carbonyl (C=O) groups excluding carboxylic acids is 1. The highest BCUT2D eigenvalue weighted by Gasteiger charge is 2.18. The lowest BCUT2D eigenvalue weighted by Crippen LogP contribution is -2.16. The number of rotatable bonds is 8. The van der Waals surface area contributed by atoms with Gasteiger partial charge in [0.2, 0.25) is 10.0 Å². The molecule has 0 radical (unpaired) electrons. The van der Waals surface area contributed by atoms with Crippen molar-refractivity contribution in [2.45, 2.75) is 19.8 Å². The quantitative estimate of drug-likeness (QED) is 0.424. The maximum Gasteiger partial charge on any atom is 0.232 e. The normalized spacial score (nSPS) is 11.5. The summed E-state index contributed by atoms with van der Waals surface area (Å²) >= 11 is 0. The number of ketones is 1. The van der Waals surface area contributed by atoms with E-state index in [1.54, 1.807) is 59.5 Å². The Hall–Kier alpha value is -3.59. The standard InChI is InChI=1S/C22H21N5O3S/c1-2-3-13-31(29,30)26-18-6-4-5-17(14-18)20-9-12-24-22-19(15-25-27(20)22)21(28)16-7-10-23-11-8-16/h4-12,14-15,26H,2-3,13H2,1H3. The van der Waals surface area contributed by atoms with E-state index >= 15 is 0 Å². The molecule has 0 aliphatic carbocycles. The first-order chi connectivity index (χ1) is 15.0. The van der Waals surface area contributed by atoms with Crippen LogP contribution in [0.1, 0.15) is 35.7 Å². The zero-order chi connectivity index (χ0) is 21.8. The fourth-order valence-electron chi connectivity index (χ4n) is 3.24. The van der Waals surface area contributed by atoms with Crippen LogP contribution in [0.2, 0.25) is 0 Å². The summed E-state index contributed by atoms with van der Waals surface area (Å²) in [5.74, 6) is -0.119. The van der Waals surface area contributed by atoms with Crippen LogP contribution in [0.15, 0.2) is 67.3 Å². The lowest BCUT2D eigenvalue weighted by molar-refractivity contribution is 0.104. The van der Waals surface area contributed by atoms with Crippen LogP contribution in [-0.4, -0.2) is 39.5 Å². The van der Waals surface area contributed by atoms with Crippen molar-refractivity contribution in [3.05, 3.63) is 78.4 Å². The monoisotopic (exact) mass is 435 g/mol. The van der Waals surface area contributed by atoms with E-state index in [4.69, 9.17) is 0 Å². The van der Waals surface area contributed by atoms with Crippen molar-refractivity contribution in [2.24, 2.45) is 0 Å². The smallest absolute Gasteiger partial charge is 0.232 e.